The van der Waals surface area contributed by atoms with E-state index in [0.717, 1.165) is 22.0 Å². The fourth-order valence-electron chi connectivity index (χ4n) is 2.49. The van der Waals surface area contributed by atoms with Gasteiger partial charge in [-0.3, -0.25) is 0 Å². The Morgan fingerprint density at radius 2 is 1.71 bits per heavy atom. The third-order valence-corrected chi connectivity index (χ3v) is 3.82. The number of rotatable bonds is 4. The Bertz CT molecular complexity index is 722. The lowest BCUT2D eigenvalue weighted by molar-refractivity contribution is 0.638. The Labute approximate surface area is 129 Å². The smallest absolute Gasteiger partial charge is 0.0764 e. The van der Waals surface area contributed by atoms with Crippen LogP contribution >= 0.6 is 11.6 Å². The summed E-state index contributed by atoms with van der Waals surface area (Å²) in [4.78, 5) is 0. The van der Waals surface area contributed by atoms with E-state index < -0.39 is 0 Å². The summed E-state index contributed by atoms with van der Waals surface area (Å²) in [5, 5.41) is 8.52. The Hall–Kier alpha value is -2.10. The zero-order valence-corrected chi connectivity index (χ0v) is 12.5. The SMILES string of the molecule is CNC(c1ccccc1Cl)c1ccnn1-c1ccccc1. The molecule has 0 radical (unpaired) electrons. The number of halogens is 1. The molecule has 0 saturated carbocycles. The van der Waals surface area contributed by atoms with Crippen LogP contribution in [0.4, 0.5) is 0 Å². The lowest BCUT2D eigenvalue weighted by Crippen LogP contribution is -2.21. The fraction of sp³-hybridized carbons (Fsp3) is 0.118. The highest BCUT2D eigenvalue weighted by molar-refractivity contribution is 6.31. The largest absolute Gasteiger partial charge is 0.308 e. The molecule has 3 rings (SSSR count). The van der Waals surface area contributed by atoms with Gasteiger partial charge in [0.25, 0.3) is 0 Å². The van der Waals surface area contributed by atoms with Crippen molar-refractivity contribution in [2.75, 3.05) is 7.05 Å². The number of aromatic nitrogens is 2. The first-order valence-corrected chi connectivity index (χ1v) is 7.20. The van der Waals surface area contributed by atoms with Gasteiger partial charge < -0.3 is 5.32 Å². The molecule has 4 heteroatoms. The predicted octanol–water partition coefficient (Wildman–Crippen LogP) is 3.83. The van der Waals surface area contributed by atoms with Gasteiger partial charge in [-0.15, -0.1) is 0 Å². The first kappa shape index (κ1) is 13.9. The van der Waals surface area contributed by atoms with Crippen molar-refractivity contribution in [3.8, 4) is 5.69 Å². The van der Waals surface area contributed by atoms with Crippen molar-refractivity contribution in [1.29, 1.82) is 0 Å². The van der Waals surface area contributed by atoms with Crippen molar-refractivity contribution in [2.45, 2.75) is 6.04 Å². The van der Waals surface area contributed by atoms with Gasteiger partial charge in [0, 0.05) is 11.2 Å². The topological polar surface area (TPSA) is 29.9 Å². The molecule has 2 aromatic carbocycles. The van der Waals surface area contributed by atoms with E-state index in [1.807, 2.05) is 78.6 Å². The van der Waals surface area contributed by atoms with Crippen LogP contribution < -0.4 is 5.32 Å². The van der Waals surface area contributed by atoms with E-state index >= 15 is 0 Å². The molecular weight excluding hydrogens is 282 g/mol. The number of benzene rings is 2. The third kappa shape index (κ3) is 2.71. The summed E-state index contributed by atoms with van der Waals surface area (Å²) in [6.07, 6.45) is 1.81. The van der Waals surface area contributed by atoms with Crippen LogP contribution in [0.15, 0.2) is 66.9 Å². The van der Waals surface area contributed by atoms with Gasteiger partial charge in [0.05, 0.1) is 17.4 Å². The molecule has 0 aliphatic rings. The van der Waals surface area contributed by atoms with E-state index in [-0.39, 0.29) is 6.04 Å². The molecule has 0 amide bonds. The predicted molar refractivity (Wildman–Crippen MR) is 85.9 cm³/mol. The van der Waals surface area contributed by atoms with Crippen LogP contribution in [-0.4, -0.2) is 16.8 Å². The molecule has 0 saturated heterocycles. The van der Waals surface area contributed by atoms with Crippen molar-refractivity contribution < 1.29 is 0 Å². The molecule has 0 aliphatic carbocycles. The first-order valence-electron chi connectivity index (χ1n) is 6.82. The second-order valence-electron chi connectivity index (χ2n) is 4.75. The van der Waals surface area contributed by atoms with Crippen molar-refractivity contribution in [3.05, 3.63) is 83.1 Å². The lowest BCUT2D eigenvalue weighted by Gasteiger charge is -2.19. The highest BCUT2D eigenvalue weighted by atomic mass is 35.5. The molecular formula is C17H16ClN3. The first-order chi connectivity index (χ1) is 10.3. The summed E-state index contributed by atoms with van der Waals surface area (Å²) in [5.41, 5.74) is 3.13. The number of nitrogens with zero attached hydrogens (tertiary/aromatic N) is 2. The van der Waals surface area contributed by atoms with Gasteiger partial charge in [-0.05, 0) is 36.9 Å². The zero-order chi connectivity index (χ0) is 14.7. The molecule has 0 aliphatic heterocycles. The summed E-state index contributed by atoms with van der Waals surface area (Å²) < 4.78 is 1.94. The molecule has 1 unspecified atom stereocenters. The van der Waals surface area contributed by atoms with Crippen LogP contribution in [0.1, 0.15) is 17.3 Å². The van der Waals surface area contributed by atoms with E-state index in [0.29, 0.717) is 0 Å². The van der Waals surface area contributed by atoms with E-state index in [1.54, 1.807) is 0 Å². The molecule has 106 valence electrons. The van der Waals surface area contributed by atoms with Gasteiger partial charge in [0.15, 0.2) is 0 Å². The summed E-state index contributed by atoms with van der Waals surface area (Å²) in [6.45, 7) is 0. The summed E-state index contributed by atoms with van der Waals surface area (Å²) in [6, 6.07) is 20.0. The quantitative estimate of drug-likeness (QED) is 0.793. The number of hydrogen-bond acceptors (Lipinski definition) is 2. The van der Waals surface area contributed by atoms with Crippen LogP contribution in [0.3, 0.4) is 0 Å². The highest BCUT2D eigenvalue weighted by Crippen LogP contribution is 2.28. The minimum Gasteiger partial charge on any atom is -0.308 e. The molecule has 3 nitrogen and oxygen atoms in total. The van der Waals surface area contributed by atoms with Crippen LogP contribution in [0.2, 0.25) is 5.02 Å². The van der Waals surface area contributed by atoms with Crippen molar-refractivity contribution in [2.24, 2.45) is 0 Å². The Morgan fingerprint density at radius 3 is 2.43 bits per heavy atom. The number of nitrogens with one attached hydrogen (secondary N) is 1. The van der Waals surface area contributed by atoms with Gasteiger partial charge >= 0.3 is 0 Å². The van der Waals surface area contributed by atoms with Gasteiger partial charge in [0.1, 0.15) is 0 Å². The monoisotopic (exact) mass is 297 g/mol. The van der Waals surface area contributed by atoms with Crippen molar-refractivity contribution >= 4 is 11.6 Å². The minimum atomic E-state index is -0.0126. The maximum Gasteiger partial charge on any atom is 0.0764 e. The maximum absolute atomic E-state index is 6.34. The molecule has 3 aromatic rings. The average molecular weight is 298 g/mol. The van der Waals surface area contributed by atoms with Crippen molar-refractivity contribution in [3.63, 3.8) is 0 Å². The van der Waals surface area contributed by atoms with Gasteiger partial charge in [0.2, 0.25) is 0 Å². The number of para-hydroxylation sites is 1. The minimum absolute atomic E-state index is 0.0126. The van der Waals surface area contributed by atoms with Gasteiger partial charge in [-0.1, -0.05) is 48.0 Å². The molecule has 21 heavy (non-hydrogen) atoms. The molecule has 0 bridgehead atoms. The Kier molecular flexibility index (Phi) is 4.04. The van der Waals surface area contributed by atoms with E-state index in [4.69, 9.17) is 11.6 Å². The third-order valence-electron chi connectivity index (χ3n) is 3.47. The van der Waals surface area contributed by atoms with Gasteiger partial charge in [-0.2, -0.15) is 5.10 Å². The van der Waals surface area contributed by atoms with E-state index in [2.05, 4.69) is 10.4 Å². The normalized spacial score (nSPS) is 12.3. The highest BCUT2D eigenvalue weighted by Gasteiger charge is 2.19. The van der Waals surface area contributed by atoms with Crippen LogP contribution in [0.5, 0.6) is 0 Å². The van der Waals surface area contributed by atoms with Crippen LogP contribution in [0, 0.1) is 0 Å². The standard InChI is InChI=1S/C17H16ClN3/c1-19-17(14-9-5-6-10-15(14)18)16-11-12-20-21(16)13-7-3-2-4-8-13/h2-12,17,19H,1H3. The Morgan fingerprint density at radius 1 is 1.00 bits per heavy atom. The van der Waals surface area contributed by atoms with Crippen LogP contribution in [-0.2, 0) is 0 Å². The molecule has 0 spiro atoms. The molecule has 1 atom stereocenters. The lowest BCUT2D eigenvalue weighted by atomic mass is 10.0. The molecule has 1 heterocycles. The second-order valence-corrected chi connectivity index (χ2v) is 5.15. The molecule has 1 N–H and O–H groups in total. The van der Waals surface area contributed by atoms with E-state index in [9.17, 15) is 0 Å². The average Bonchev–Trinajstić information content (AvgIpc) is 3.00. The maximum atomic E-state index is 6.34. The van der Waals surface area contributed by atoms with Crippen LogP contribution in [0.25, 0.3) is 5.69 Å². The second kappa shape index (κ2) is 6.12. The number of hydrogen-bond donors (Lipinski definition) is 1. The summed E-state index contributed by atoms with van der Waals surface area (Å²) in [5.74, 6) is 0. The summed E-state index contributed by atoms with van der Waals surface area (Å²) >= 11 is 6.34. The molecule has 1 aromatic heterocycles. The summed E-state index contributed by atoms with van der Waals surface area (Å²) in [7, 11) is 1.93. The van der Waals surface area contributed by atoms with E-state index in [1.165, 1.54) is 0 Å². The Balaban J connectivity index is 2.08. The zero-order valence-electron chi connectivity index (χ0n) is 11.7. The van der Waals surface area contributed by atoms with Crippen molar-refractivity contribution in [1.82, 2.24) is 15.1 Å². The van der Waals surface area contributed by atoms with Gasteiger partial charge in [-0.25, -0.2) is 4.68 Å². The fourth-order valence-corrected chi connectivity index (χ4v) is 2.73. The molecule has 0 fully saturated rings.